The average molecular weight is 1580 g/mol. The second-order valence-electron chi connectivity index (χ2n) is 26.5. The number of amides is 12. The van der Waals surface area contributed by atoms with E-state index in [1.165, 1.54) is 31.7 Å². The maximum atomic E-state index is 15.2. The first-order chi connectivity index (χ1) is 51.5. The standard InChI is InChI=1S/C21H16F7N5O5.C21H17F6N5O5.C21H19F4N5O5/c1-2-11-13-19(15(34)30-18(36)31-16(19)35)5-7-3-8(14-29-17(38-32-14)21(26,27)28)9(22)4-10(7)33(13)6-12(37-11)20(23,24)25;1-2-11-13-20(17(33)29-19(35)30-18(20)34)5-7-3-8(15-28-16(14(23)24)37-31-15)9(22)4-10(7)32(13)6-12(36-11)21(25,26)27;1-3-13-15-20(17(31)27-19(33)28-18(20)32)6-9-4-10(16-26-8(2)35-29-16)11(22)5-12(9)30(15)7-14(34-13)21(23,24)25/h3-4,11-13H,2,5-6H2,1H3,(H2,30,31,34,35,36);3-4,11-14H,2,5-6H2,1H3,(H2,29,30,33,34,35);4-5,13-15H,3,6-7H2,1-2H3,(H2,27,28,31,32,33)/t2*11-,12-,13+;13-,14-,15+/m000/s1. The molecule has 30 nitrogen and oxygen atoms in total. The maximum absolute atomic E-state index is 15.2. The number of hydrogen-bond acceptors (Lipinski definition) is 24. The van der Waals surface area contributed by atoms with Crippen LogP contribution in [-0.4, -0.2) is 177 Å². The summed E-state index contributed by atoms with van der Waals surface area (Å²) < 4.78 is 263. The summed E-state index contributed by atoms with van der Waals surface area (Å²) in [4.78, 5) is 128. The van der Waals surface area contributed by atoms with Gasteiger partial charge in [-0.15, -0.1) is 0 Å². The number of anilines is 3. The van der Waals surface area contributed by atoms with E-state index in [0.29, 0.717) is 0 Å². The highest BCUT2D eigenvalue weighted by molar-refractivity contribution is 6.22. The minimum Gasteiger partial charge on any atom is -0.361 e. The molecule has 9 aliphatic heterocycles. The average Bonchev–Trinajstić information content (AvgIpc) is 0.774. The number of benzene rings is 3. The van der Waals surface area contributed by atoms with Crippen LogP contribution in [0.1, 0.15) is 80.8 Å². The van der Waals surface area contributed by atoms with Gasteiger partial charge in [0, 0.05) is 24.0 Å². The Morgan fingerprint density at radius 2 is 0.727 bits per heavy atom. The zero-order chi connectivity index (χ0) is 79.9. The van der Waals surface area contributed by atoms with E-state index in [4.69, 9.17) is 18.7 Å². The highest BCUT2D eigenvalue weighted by Gasteiger charge is 2.69. The summed E-state index contributed by atoms with van der Waals surface area (Å²) in [6, 6.07) is -1.32. The number of ether oxygens (including phenoxy) is 3. The van der Waals surface area contributed by atoms with E-state index in [2.05, 4.69) is 50.1 Å². The molecule has 6 N–H and O–H groups in total. The minimum atomic E-state index is -5.03. The Balaban J connectivity index is 0.000000145. The van der Waals surface area contributed by atoms with Crippen molar-refractivity contribution in [1.29, 1.82) is 0 Å². The molecule has 0 radical (unpaired) electrons. The van der Waals surface area contributed by atoms with Crippen molar-refractivity contribution in [3.05, 3.63) is 88.2 Å². The summed E-state index contributed by atoms with van der Waals surface area (Å²) in [5.74, 6) is -13.6. The summed E-state index contributed by atoms with van der Waals surface area (Å²) in [7, 11) is 0. The van der Waals surface area contributed by atoms with Gasteiger partial charge >= 0.3 is 55.1 Å². The summed E-state index contributed by atoms with van der Waals surface area (Å²) in [5, 5.41) is 22.1. The number of nitrogens with one attached hydrogen (secondary N) is 6. The first-order valence-electron chi connectivity index (χ1n) is 32.8. The lowest BCUT2D eigenvalue weighted by atomic mass is 9.66. The van der Waals surface area contributed by atoms with E-state index in [1.54, 1.807) is 6.92 Å². The number of carbonyl (C=O) groups is 9. The normalized spacial score (nSPS) is 25.3. The second-order valence-corrected chi connectivity index (χ2v) is 26.5. The molecule has 3 aromatic heterocycles. The molecule has 0 bridgehead atoms. The summed E-state index contributed by atoms with van der Waals surface area (Å²) >= 11 is 0. The van der Waals surface area contributed by atoms with Crippen molar-refractivity contribution in [3.8, 4) is 34.2 Å². The first-order valence-corrected chi connectivity index (χ1v) is 32.8. The van der Waals surface area contributed by atoms with Crippen LogP contribution in [-0.2, 0) is 68.4 Å². The van der Waals surface area contributed by atoms with Crippen molar-refractivity contribution >= 4 is 70.6 Å². The Bertz CT molecular complexity index is 4750. The van der Waals surface area contributed by atoms with Crippen molar-refractivity contribution in [2.45, 2.75) is 152 Å². The molecule has 9 aliphatic rings. The number of barbiturate groups is 3. The van der Waals surface area contributed by atoms with Gasteiger partial charge in [0.1, 0.15) is 17.5 Å². The van der Waals surface area contributed by atoms with Crippen LogP contribution in [0.2, 0.25) is 0 Å². The molecule has 0 saturated carbocycles. The molecule has 3 aromatic carbocycles. The molecule has 6 fully saturated rings. The van der Waals surface area contributed by atoms with Gasteiger partial charge in [-0.3, -0.25) is 60.7 Å². The first kappa shape index (κ1) is 77.2. The molecule has 12 heterocycles. The molecule has 12 amide bonds. The highest BCUT2D eigenvalue weighted by atomic mass is 19.4. The zero-order valence-electron chi connectivity index (χ0n) is 56.2. The Morgan fingerprint density at radius 3 is 0.982 bits per heavy atom. The van der Waals surface area contributed by atoms with Crippen LogP contribution in [0, 0.1) is 40.6 Å². The molecule has 15 rings (SSSR count). The SMILES string of the molecule is CC[C@@H]1O[C@H](C(F)(F)F)CN2c3cc(F)c(-c4noc(C(F)(F)F)n4)cc3CC3(C(=O)NC(=O)NC3=O)[C@@H]12.CC[C@@H]1O[C@H](C(F)(F)F)CN2c3cc(F)c(-c4noc(C(F)F)n4)cc3CC3(C(=O)NC(=O)NC3=O)[C@@H]12.CC[C@@H]1O[C@H](C(F)(F)F)CN2c3cc(F)c(-c4noc(C)n4)cc3CC3(C(=O)NC(=O)NC3=O)[C@@H]12. The lowest BCUT2D eigenvalue weighted by molar-refractivity contribution is -0.245. The second kappa shape index (κ2) is 27.2. The third-order valence-corrected chi connectivity index (χ3v) is 20.2. The van der Waals surface area contributed by atoms with Crippen molar-refractivity contribution in [3.63, 3.8) is 0 Å². The number of carbonyl (C=O) groups excluding carboxylic acids is 9. The van der Waals surface area contributed by atoms with Gasteiger partial charge in [0.25, 0.3) is 5.89 Å². The van der Waals surface area contributed by atoms with Crippen molar-refractivity contribution in [2.75, 3.05) is 34.3 Å². The van der Waals surface area contributed by atoms with E-state index in [-0.39, 0.29) is 76.7 Å². The molecule has 6 saturated heterocycles. The summed E-state index contributed by atoms with van der Waals surface area (Å²) in [6.07, 6.45) is -35.0. The highest BCUT2D eigenvalue weighted by Crippen LogP contribution is 2.54. The van der Waals surface area contributed by atoms with Gasteiger partial charge < -0.3 is 42.5 Å². The quantitative estimate of drug-likeness (QED) is 0.0671. The molecule has 110 heavy (non-hydrogen) atoms. The third-order valence-electron chi connectivity index (χ3n) is 20.2. The summed E-state index contributed by atoms with van der Waals surface area (Å²) in [5.41, 5.74) is -7.51. The minimum absolute atomic E-state index is 0.0159. The fraction of sp³-hybridized carbons (Fsp3) is 0.476. The fourth-order valence-electron chi connectivity index (χ4n) is 15.5. The lowest BCUT2D eigenvalue weighted by Crippen LogP contribution is -2.76. The van der Waals surface area contributed by atoms with Crippen LogP contribution in [0.25, 0.3) is 34.2 Å². The number of imide groups is 6. The molecule has 588 valence electrons. The number of hydrogen-bond donors (Lipinski definition) is 6. The largest absolute Gasteiger partial charge is 0.471 e. The van der Waals surface area contributed by atoms with Crippen LogP contribution in [0.5, 0.6) is 0 Å². The maximum Gasteiger partial charge on any atom is 0.471 e. The molecule has 47 heteroatoms. The van der Waals surface area contributed by atoms with Gasteiger partial charge in [-0.1, -0.05) is 36.2 Å². The van der Waals surface area contributed by atoms with Gasteiger partial charge in [-0.05, 0) is 91.6 Å². The Labute approximate surface area is 602 Å². The monoisotopic (exact) mass is 1580 g/mol. The van der Waals surface area contributed by atoms with Crippen LogP contribution < -0.4 is 46.6 Å². The van der Waals surface area contributed by atoms with E-state index in [0.717, 1.165) is 40.1 Å². The van der Waals surface area contributed by atoms with Crippen LogP contribution in [0.3, 0.4) is 0 Å². The molecule has 0 aliphatic carbocycles. The Hall–Kier alpha value is -11.0. The number of aryl methyl sites for hydroxylation is 1. The number of aromatic nitrogens is 6. The van der Waals surface area contributed by atoms with Crippen LogP contribution in [0.15, 0.2) is 50.0 Å². The van der Waals surface area contributed by atoms with Gasteiger partial charge in [-0.2, -0.15) is 76.4 Å². The van der Waals surface area contributed by atoms with Gasteiger partial charge in [0.2, 0.25) is 58.8 Å². The predicted molar refractivity (Wildman–Crippen MR) is 326 cm³/mol. The van der Waals surface area contributed by atoms with Gasteiger partial charge in [0.05, 0.1) is 72.8 Å². The molecular formula is C63H52F17N15O15. The topological polar surface area (TPSA) is 380 Å². The molecule has 9 atom stereocenters. The fourth-order valence-corrected chi connectivity index (χ4v) is 15.5. The van der Waals surface area contributed by atoms with E-state index >= 15 is 13.2 Å². The number of morpholine rings is 3. The number of halogens is 17. The predicted octanol–water partition coefficient (Wildman–Crippen LogP) is 7.36. The van der Waals surface area contributed by atoms with Crippen LogP contribution >= 0.6 is 0 Å². The smallest absolute Gasteiger partial charge is 0.361 e. The van der Waals surface area contributed by atoms with E-state index in [1.807, 2.05) is 21.3 Å². The van der Waals surface area contributed by atoms with Crippen LogP contribution in [0.4, 0.5) is 106 Å². The molecule has 3 spiro atoms. The van der Waals surface area contributed by atoms with E-state index < -0.39 is 240 Å². The number of alkyl halides is 14. The molecular weight excluding hydrogens is 1530 g/mol. The number of nitrogens with zero attached hydrogens (tertiary/aromatic N) is 9. The van der Waals surface area contributed by atoms with Crippen molar-refractivity contribution in [1.82, 2.24) is 62.3 Å². The Morgan fingerprint density at radius 1 is 0.436 bits per heavy atom. The lowest BCUT2D eigenvalue weighted by Gasteiger charge is -2.56. The number of fused-ring (bicyclic) bond motifs is 12. The zero-order valence-corrected chi connectivity index (χ0v) is 56.2. The van der Waals surface area contributed by atoms with Gasteiger partial charge in [0.15, 0.2) is 34.6 Å². The van der Waals surface area contributed by atoms with Crippen molar-refractivity contribution in [2.24, 2.45) is 16.2 Å². The van der Waals surface area contributed by atoms with E-state index in [9.17, 15) is 105 Å². The number of rotatable bonds is 7. The third kappa shape index (κ3) is 12.9. The van der Waals surface area contributed by atoms with Gasteiger partial charge in [-0.25, -0.2) is 27.6 Å². The summed E-state index contributed by atoms with van der Waals surface area (Å²) in [6.45, 7) is 3.40. The molecule has 0 unspecified atom stereocenters. The Kier molecular flexibility index (Phi) is 19.1. The molecule has 6 aromatic rings. The van der Waals surface area contributed by atoms with Crippen molar-refractivity contribution < 1.29 is 146 Å². The number of urea groups is 3.